The van der Waals surface area contributed by atoms with Crippen molar-refractivity contribution >= 4 is 0 Å². The Morgan fingerprint density at radius 3 is 1.88 bits per heavy atom. The summed E-state index contributed by atoms with van der Waals surface area (Å²) in [6.07, 6.45) is 17.0. The van der Waals surface area contributed by atoms with Crippen molar-refractivity contribution in [1.29, 1.82) is 0 Å². The van der Waals surface area contributed by atoms with Gasteiger partial charge >= 0.3 is 0 Å². The molecule has 3 rings (SSSR count). The molecule has 2 aromatic carbocycles. The van der Waals surface area contributed by atoms with Crippen LogP contribution in [0.5, 0.6) is 0 Å². The summed E-state index contributed by atoms with van der Waals surface area (Å²) in [5.74, 6) is 0.569. The van der Waals surface area contributed by atoms with Crippen molar-refractivity contribution in [2.75, 3.05) is 0 Å². The van der Waals surface area contributed by atoms with E-state index < -0.39 is 0 Å². The number of benzene rings is 2. The predicted molar refractivity (Wildman–Crippen MR) is 133 cm³/mol. The fraction of sp³-hybridized carbons (Fsp3) is 0.448. The highest BCUT2D eigenvalue weighted by Gasteiger charge is 2.08. The van der Waals surface area contributed by atoms with Gasteiger partial charge in [0.05, 0.1) is 0 Å². The lowest BCUT2D eigenvalue weighted by atomic mass is 9.99. The molecular formula is C29H37FN2. The Morgan fingerprint density at radius 2 is 1.19 bits per heavy atom. The smallest absolute Gasteiger partial charge is 0.159 e. The number of halogens is 1. The summed E-state index contributed by atoms with van der Waals surface area (Å²) in [5.41, 5.74) is 4.76. The molecule has 0 saturated heterocycles. The molecule has 3 aromatic rings. The zero-order valence-corrected chi connectivity index (χ0v) is 19.7. The van der Waals surface area contributed by atoms with Crippen LogP contribution in [0.2, 0.25) is 0 Å². The van der Waals surface area contributed by atoms with Gasteiger partial charge in [0.2, 0.25) is 0 Å². The number of nitrogens with zero attached hydrogens (tertiary/aromatic N) is 2. The lowest BCUT2D eigenvalue weighted by molar-refractivity contribution is 0.603. The van der Waals surface area contributed by atoms with E-state index in [-0.39, 0.29) is 5.82 Å². The van der Waals surface area contributed by atoms with Gasteiger partial charge in [-0.25, -0.2) is 14.4 Å². The van der Waals surface area contributed by atoms with E-state index in [9.17, 15) is 4.39 Å². The van der Waals surface area contributed by atoms with Crippen molar-refractivity contribution in [1.82, 2.24) is 9.97 Å². The monoisotopic (exact) mass is 432 g/mol. The first-order valence-corrected chi connectivity index (χ1v) is 12.4. The van der Waals surface area contributed by atoms with Crippen molar-refractivity contribution in [3.05, 3.63) is 71.8 Å². The minimum absolute atomic E-state index is 0.145. The van der Waals surface area contributed by atoms with Gasteiger partial charge < -0.3 is 0 Å². The third kappa shape index (κ3) is 7.25. The van der Waals surface area contributed by atoms with Crippen LogP contribution in [0.1, 0.15) is 82.8 Å². The molecule has 2 nitrogen and oxygen atoms in total. The molecule has 0 radical (unpaired) electrons. The summed E-state index contributed by atoms with van der Waals surface area (Å²) in [5, 5.41) is 0. The maximum Gasteiger partial charge on any atom is 0.159 e. The quantitative estimate of drug-likeness (QED) is 0.253. The minimum atomic E-state index is -0.145. The molecule has 0 unspecified atom stereocenters. The number of hydrogen-bond acceptors (Lipinski definition) is 2. The Hall–Kier alpha value is -2.55. The number of rotatable bonds is 13. The first kappa shape index (κ1) is 24.1. The van der Waals surface area contributed by atoms with E-state index in [1.165, 1.54) is 56.9 Å². The lowest BCUT2D eigenvalue weighted by Crippen LogP contribution is -1.94. The SMILES string of the molecule is CCCCCCCCc1ccc(-c2ccc(-c3ncc(CCCCC)cn3)cc2)c(F)c1. The van der Waals surface area contributed by atoms with E-state index in [0.29, 0.717) is 11.4 Å². The van der Waals surface area contributed by atoms with Crippen LogP contribution in [0.4, 0.5) is 4.39 Å². The van der Waals surface area contributed by atoms with Gasteiger partial charge in [-0.3, -0.25) is 0 Å². The molecule has 0 aliphatic carbocycles. The number of aromatic nitrogens is 2. The van der Waals surface area contributed by atoms with Crippen LogP contribution in [0, 0.1) is 5.82 Å². The molecule has 0 bridgehead atoms. The molecular weight excluding hydrogens is 395 g/mol. The van der Waals surface area contributed by atoms with Crippen molar-refractivity contribution in [2.24, 2.45) is 0 Å². The molecule has 1 heterocycles. The summed E-state index contributed by atoms with van der Waals surface area (Å²) >= 11 is 0. The Morgan fingerprint density at radius 1 is 0.625 bits per heavy atom. The fourth-order valence-electron chi connectivity index (χ4n) is 4.07. The zero-order valence-electron chi connectivity index (χ0n) is 19.7. The molecule has 0 N–H and O–H groups in total. The summed E-state index contributed by atoms with van der Waals surface area (Å²) in [4.78, 5) is 9.05. The average Bonchev–Trinajstić information content (AvgIpc) is 2.82. The van der Waals surface area contributed by atoms with Gasteiger partial charge in [-0.05, 0) is 48.4 Å². The lowest BCUT2D eigenvalue weighted by Gasteiger charge is -2.08. The standard InChI is InChI=1S/C29H37FN2/c1-3-5-7-8-9-11-12-23-14-19-27(28(30)20-23)25-15-17-26(18-16-25)29-31-21-24(22-32-29)13-10-6-4-2/h14-22H,3-13H2,1-2H3. The van der Waals surface area contributed by atoms with Gasteiger partial charge in [0.25, 0.3) is 0 Å². The number of aryl methyl sites for hydroxylation is 2. The number of hydrogen-bond donors (Lipinski definition) is 0. The summed E-state index contributed by atoms with van der Waals surface area (Å²) < 4.78 is 14.8. The van der Waals surface area contributed by atoms with E-state index in [2.05, 4.69) is 29.9 Å². The Kier molecular flexibility index (Phi) is 9.87. The van der Waals surface area contributed by atoms with Gasteiger partial charge in [0.15, 0.2) is 5.82 Å². The number of unbranched alkanes of at least 4 members (excludes halogenated alkanes) is 7. The molecule has 170 valence electrons. The van der Waals surface area contributed by atoms with Crippen molar-refractivity contribution in [2.45, 2.75) is 84.5 Å². The molecule has 0 aliphatic rings. The highest BCUT2D eigenvalue weighted by atomic mass is 19.1. The van der Waals surface area contributed by atoms with E-state index in [1.54, 1.807) is 6.07 Å². The van der Waals surface area contributed by atoms with Gasteiger partial charge in [-0.15, -0.1) is 0 Å². The molecule has 0 amide bonds. The van der Waals surface area contributed by atoms with Crippen LogP contribution >= 0.6 is 0 Å². The molecule has 0 saturated carbocycles. The second-order valence-electron chi connectivity index (χ2n) is 8.78. The predicted octanol–water partition coefficient (Wildman–Crippen LogP) is 8.59. The molecule has 0 aliphatic heterocycles. The third-order valence-corrected chi connectivity index (χ3v) is 6.08. The fourth-order valence-corrected chi connectivity index (χ4v) is 4.07. The summed E-state index contributed by atoms with van der Waals surface area (Å²) in [7, 11) is 0. The van der Waals surface area contributed by atoms with Crippen LogP contribution in [-0.4, -0.2) is 9.97 Å². The zero-order chi connectivity index (χ0) is 22.6. The van der Waals surface area contributed by atoms with Crippen molar-refractivity contribution < 1.29 is 4.39 Å². The summed E-state index contributed by atoms with van der Waals surface area (Å²) in [6, 6.07) is 13.6. The molecule has 0 fully saturated rings. The highest BCUT2D eigenvalue weighted by Crippen LogP contribution is 2.26. The minimum Gasteiger partial charge on any atom is -0.236 e. The van der Waals surface area contributed by atoms with E-state index in [4.69, 9.17) is 0 Å². The molecule has 0 spiro atoms. The molecule has 32 heavy (non-hydrogen) atoms. The van der Waals surface area contributed by atoms with Crippen LogP contribution in [-0.2, 0) is 12.8 Å². The van der Waals surface area contributed by atoms with Gasteiger partial charge in [0.1, 0.15) is 5.82 Å². The normalized spacial score (nSPS) is 11.1. The first-order valence-electron chi connectivity index (χ1n) is 12.4. The van der Waals surface area contributed by atoms with Crippen LogP contribution in [0.3, 0.4) is 0 Å². The van der Waals surface area contributed by atoms with E-state index in [0.717, 1.165) is 36.0 Å². The largest absolute Gasteiger partial charge is 0.236 e. The Labute approximate surface area is 193 Å². The Bertz CT molecular complexity index is 932. The average molecular weight is 433 g/mol. The van der Waals surface area contributed by atoms with Gasteiger partial charge in [-0.2, -0.15) is 0 Å². The summed E-state index contributed by atoms with van der Waals surface area (Å²) in [6.45, 7) is 4.44. The maximum atomic E-state index is 14.8. The highest BCUT2D eigenvalue weighted by molar-refractivity contribution is 5.68. The molecule has 3 heteroatoms. The maximum absolute atomic E-state index is 14.8. The van der Waals surface area contributed by atoms with E-state index in [1.807, 2.05) is 42.7 Å². The van der Waals surface area contributed by atoms with Crippen LogP contribution in [0.15, 0.2) is 54.9 Å². The van der Waals surface area contributed by atoms with Crippen molar-refractivity contribution in [3.63, 3.8) is 0 Å². The second kappa shape index (κ2) is 13.1. The van der Waals surface area contributed by atoms with Gasteiger partial charge in [-0.1, -0.05) is 95.2 Å². The molecule has 1 aromatic heterocycles. The third-order valence-electron chi connectivity index (χ3n) is 6.08. The topological polar surface area (TPSA) is 25.8 Å². The molecule has 0 atom stereocenters. The van der Waals surface area contributed by atoms with Crippen molar-refractivity contribution in [3.8, 4) is 22.5 Å². The van der Waals surface area contributed by atoms with Crippen LogP contribution < -0.4 is 0 Å². The van der Waals surface area contributed by atoms with E-state index >= 15 is 0 Å². The second-order valence-corrected chi connectivity index (χ2v) is 8.78. The van der Waals surface area contributed by atoms with Gasteiger partial charge in [0, 0.05) is 23.5 Å². The first-order chi connectivity index (χ1) is 15.7. The van der Waals surface area contributed by atoms with Crippen LogP contribution in [0.25, 0.3) is 22.5 Å². The Balaban J connectivity index is 1.58.